The molecule has 148 valence electrons. The van der Waals surface area contributed by atoms with Gasteiger partial charge in [0.05, 0.1) is 36.9 Å². The van der Waals surface area contributed by atoms with Crippen LogP contribution in [0.15, 0.2) is 29.4 Å². The number of aliphatic imine (C=N–C) groups is 1. The Bertz CT molecular complexity index is 1080. The van der Waals surface area contributed by atoms with Crippen LogP contribution in [0.1, 0.15) is 41.0 Å². The van der Waals surface area contributed by atoms with Gasteiger partial charge in [0.15, 0.2) is 15.6 Å². The maximum atomic E-state index is 12.9. The molecule has 0 amide bonds. The van der Waals surface area contributed by atoms with E-state index in [0.717, 1.165) is 28.4 Å². The van der Waals surface area contributed by atoms with E-state index in [0.29, 0.717) is 12.3 Å². The number of Topliss-reactive ketones (excluding diaryl/α,β-unsaturated/α-hetero) is 1. The van der Waals surface area contributed by atoms with Crippen LogP contribution in [0.2, 0.25) is 0 Å². The number of nitrogens with two attached hydrogens (primary N) is 1. The maximum Gasteiger partial charge on any atom is 0.188 e. The molecular formula is C18H20N4O4S2. The third kappa shape index (κ3) is 2.96. The Kier molecular flexibility index (Phi) is 4.40. The van der Waals surface area contributed by atoms with Crippen LogP contribution < -0.4 is 5.73 Å². The largest absolute Gasteiger partial charge is 0.386 e. The summed E-state index contributed by atoms with van der Waals surface area (Å²) in [5.74, 6) is -0.255. The van der Waals surface area contributed by atoms with Gasteiger partial charge in [-0.05, 0) is 30.5 Å². The molecule has 2 aromatic rings. The van der Waals surface area contributed by atoms with Crippen molar-refractivity contribution in [2.75, 3.05) is 12.4 Å². The van der Waals surface area contributed by atoms with Gasteiger partial charge in [0.25, 0.3) is 0 Å². The lowest BCUT2D eigenvalue weighted by Gasteiger charge is -2.42. The molecule has 1 spiro atoms. The summed E-state index contributed by atoms with van der Waals surface area (Å²) in [6, 6.07) is 5.55. The molecule has 10 heteroatoms. The molecule has 8 nitrogen and oxygen atoms in total. The smallest absolute Gasteiger partial charge is 0.188 e. The first-order valence-corrected chi connectivity index (χ1v) is 11.1. The van der Waals surface area contributed by atoms with Crippen LogP contribution >= 0.6 is 11.7 Å². The van der Waals surface area contributed by atoms with Gasteiger partial charge in [0.1, 0.15) is 21.8 Å². The minimum absolute atomic E-state index is 0.0743. The fourth-order valence-corrected chi connectivity index (χ4v) is 5.62. The third-order valence-electron chi connectivity index (χ3n) is 5.44. The van der Waals surface area contributed by atoms with Gasteiger partial charge < -0.3 is 10.5 Å². The first kappa shape index (κ1) is 19.2. The lowest BCUT2D eigenvalue weighted by molar-refractivity contribution is 0.0609. The van der Waals surface area contributed by atoms with Gasteiger partial charge in [-0.2, -0.15) is 8.75 Å². The number of amidine groups is 1. The van der Waals surface area contributed by atoms with Crippen molar-refractivity contribution in [1.29, 1.82) is 0 Å². The standard InChI is InChI=1S/C18H20N4O4S2/c1-17(2)16(19)21-18(10-28(17,24)25)9-26-8-12-4-3-11(5-13(12)18)6-15(23)14-7-20-27-22-14/h3-5,7H,6,8-10H2,1-2H3,(H2,19,21)/t18-/m0/s1. The first-order valence-electron chi connectivity index (χ1n) is 8.73. The second-order valence-electron chi connectivity index (χ2n) is 7.67. The van der Waals surface area contributed by atoms with Crippen LogP contribution in [0.4, 0.5) is 0 Å². The Hall–Kier alpha value is -2.17. The van der Waals surface area contributed by atoms with Crippen molar-refractivity contribution >= 4 is 33.2 Å². The molecule has 0 radical (unpaired) electrons. The fraction of sp³-hybridized carbons (Fsp3) is 0.444. The zero-order chi connectivity index (χ0) is 20.2. The number of hydrogen-bond acceptors (Lipinski definition) is 9. The summed E-state index contributed by atoms with van der Waals surface area (Å²) < 4.78 is 38.1. The molecule has 0 bridgehead atoms. The molecular weight excluding hydrogens is 400 g/mol. The van der Waals surface area contributed by atoms with Gasteiger partial charge >= 0.3 is 0 Å². The number of carbonyl (C=O) groups excluding carboxylic acids is 1. The van der Waals surface area contributed by atoms with Gasteiger partial charge in [0.2, 0.25) is 0 Å². The van der Waals surface area contributed by atoms with E-state index in [2.05, 4.69) is 13.7 Å². The average molecular weight is 421 g/mol. The number of sulfone groups is 1. The number of fused-ring (bicyclic) bond motifs is 2. The fourth-order valence-electron chi connectivity index (χ4n) is 3.53. The molecule has 3 heterocycles. The molecule has 0 unspecified atom stereocenters. The Labute approximate surface area is 167 Å². The topological polar surface area (TPSA) is 125 Å². The molecule has 0 aliphatic carbocycles. The molecule has 2 aliphatic rings. The number of carbonyl (C=O) groups is 1. The molecule has 4 rings (SSSR count). The van der Waals surface area contributed by atoms with Crippen LogP contribution in [-0.2, 0) is 33.1 Å². The summed E-state index contributed by atoms with van der Waals surface area (Å²) in [5.41, 5.74) is 7.68. The van der Waals surface area contributed by atoms with Crippen LogP contribution in [0.5, 0.6) is 0 Å². The summed E-state index contributed by atoms with van der Waals surface area (Å²) >= 11 is 0.983. The molecule has 1 atom stereocenters. The Morgan fingerprint density at radius 1 is 1.36 bits per heavy atom. The number of ether oxygens (including phenoxy) is 1. The van der Waals surface area contributed by atoms with Crippen LogP contribution in [0.25, 0.3) is 0 Å². The summed E-state index contributed by atoms with van der Waals surface area (Å²) in [7, 11) is -3.55. The number of benzene rings is 1. The molecule has 0 saturated heterocycles. The molecule has 28 heavy (non-hydrogen) atoms. The van der Waals surface area contributed by atoms with E-state index in [1.165, 1.54) is 6.20 Å². The third-order valence-corrected chi connectivity index (χ3v) is 8.54. The zero-order valence-corrected chi connectivity index (χ0v) is 17.1. The summed E-state index contributed by atoms with van der Waals surface area (Å²) in [4.78, 5) is 17.0. The van der Waals surface area contributed by atoms with E-state index < -0.39 is 20.1 Å². The van der Waals surface area contributed by atoms with Crippen molar-refractivity contribution in [3.05, 3.63) is 46.8 Å². The first-order chi connectivity index (χ1) is 13.1. The predicted molar refractivity (Wildman–Crippen MR) is 105 cm³/mol. The summed E-state index contributed by atoms with van der Waals surface area (Å²) in [6.45, 7) is 3.62. The summed E-state index contributed by atoms with van der Waals surface area (Å²) in [6.07, 6.45) is 1.59. The van der Waals surface area contributed by atoms with E-state index in [1.54, 1.807) is 13.8 Å². The lowest BCUT2D eigenvalue weighted by atomic mass is 9.85. The monoisotopic (exact) mass is 420 g/mol. The number of aromatic nitrogens is 2. The Morgan fingerprint density at radius 3 is 2.82 bits per heavy atom. The van der Waals surface area contributed by atoms with Crippen molar-refractivity contribution in [3.8, 4) is 0 Å². The van der Waals surface area contributed by atoms with E-state index in [-0.39, 0.29) is 30.4 Å². The van der Waals surface area contributed by atoms with E-state index in [1.807, 2.05) is 18.2 Å². The maximum absolute atomic E-state index is 12.9. The van der Waals surface area contributed by atoms with Crippen LogP contribution in [0, 0.1) is 0 Å². The zero-order valence-electron chi connectivity index (χ0n) is 15.5. The highest BCUT2D eigenvalue weighted by molar-refractivity contribution is 7.93. The van der Waals surface area contributed by atoms with Gasteiger partial charge in [-0.1, -0.05) is 18.2 Å². The quantitative estimate of drug-likeness (QED) is 0.741. The second kappa shape index (κ2) is 6.43. The highest BCUT2D eigenvalue weighted by Crippen LogP contribution is 2.41. The number of hydrogen-bond donors (Lipinski definition) is 1. The molecule has 0 saturated carbocycles. The minimum atomic E-state index is -3.55. The van der Waals surface area contributed by atoms with Crippen LogP contribution in [0.3, 0.4) is 0 Å². The summed E-state index contributed by atoms with van der Waals surface area (Å²) in [5, 5.41) is 0. The van der Waals surface area contributed by atoms with Crippen molar-refractivity contribution < 1.29 is 17.9 Å². The molecule has 2 N–H and O–H groups in total. The molecule has 0 fully saturated rings. The Morgan fingerprint density at radius 2 is 2.14 bits per heavy atom. The molecule has 1 aromatic heterocycles. The van der Waals surface area contributed by atoms with E-state index >= 15 is 0 Å². The van der Waals surface area contributed by atoms with Gasteiger partial charge in [0, 0.05) is 6.42 Å². The van der Waals surface area contributed by atoms with Gasteiger partial charge in [-0.25, -0.2) is 8.42 Å². The van der Waals surface area contributed by atoms with Gasteiger partial charge in [-0.15, -0.1) is 0 Å². The van der Waals surface area contributed by atoms with Crippen molar-refractivity contribution in [2.45, 2.75) is 37.2 Å². The normalized spacial score (nSPS) is 25.1. The highest BCUT2D eigenvalue weighted by Gasteiger charge is 2.52. The number of rotatable bonds is 3. The van der Waals surface area contributed by atoms with Crippen molar-refractivity contribution in [1.82, 2.24) is 8.75 Å². The predicted octanol–water partition coefficient (Wildman–Crippen LogP) is 1.25. The van der Waals surface area contributed by atoms with Crippen molar-refractivity contribution in [2.24, 2.45) is 10.7 Å². The Balaban J connectivity index is 1.77. The number of nitrogens with zero attached hydrogens (tertiary/aromatic N) is 3. The number of ketones is 1. The second-order valence-corrected chi connectivity index (χ2v) is 10.8. The van der Waals surface area contributed by atoms with E-state index in [9.17, 15) is 13.2 Å². The van der Waals surface area contributed by atoms with Crippen molar-refractivity contribution in [3.63, 3.8) is 0 Å². The SMILES string of the molecule is CC1(C)C(N)=N[C@@]2(COCc3ccc(CC(=O)c4cnsn4)cc32)CS1(=O)=O. The highest BCUT2D eigenvalue weighted by atomic mass is 32.2. The average Bonchev–Trinajstić information content (AvgIpc) is 3.15. The van der Waals surface area contributed by atoms with Gasteiger partial charge in [-0.3, -0.25) is 9.79 Å². The molecule has 2 aliphatic heterocycles. The van der Waals surface area contributed by atoms with Crippen LogP contribution in [-0.4, -0.2) is 45.9 Å². The van der Waals surface area contributed by atoms with E-state index in [4.69, 9.17) is 10.5 Å². The lowest BCUT2D eigenvalue weighted by Crippen LogP contribution is -2.57. The molecule has 1 aromatic carbocycles. The minimum Gasteiger partial charge on any atom is -0.386 e.